The number of alkyl carbamates (subject to hydrolysis) is 2. The first-order valence-corrected chi connectivity index (χ1v) is 17.8. The van der Waals surface area contributed by atoms with E-state index >= 15 is 0 Å². The molecule has 6 aliphatic rings. The number of nitrogens with one attached hydrogen (secondary N) is 2. The first-order chi connectivity index (χ1) is 19.5. The third-order valence-electron chi connectivity index (χ3n) is 7.95. The molecule has 2 saturated carbocycles. The Hall–Kier alpha value is -0.160. The van der Waals surface area contributed by atoms with Crippen molar-refractivity contribution in [2.45, 2.75) is 140 Å². The summed E-state index contributed by atoms with van der Waals surface area (Å²) in [5.41, 5.74) is -2.32. The molecule has 4 N–H and O–H groups in total. The van der Waals surface area contributed by atoms with Crippen LogP contribution in [0.2, 0.25) is 0 Å². The van der Waals surface area contributed by atoms with Crippen LogP contribution < -0.4 is 74.0 Å². The first kappa shape index (κ1) is 48.0. The van der Waals surface area contributed by atoms with Crippen LogP contribution in [-0.2, 0) is 23.7 Å². The zero-order valence-electron chi connectivity index (χ0n) is 27.5. The third kappa shape index (κ3) is 15.2. The van der Waals surface area contributed by atoms with E-state index in [1.54, 1.807) is 7.11 Å². The van der Waals surface area contributed by atoms with Gasteiger partial charge < -0.3 is 44.5 Å². The fourth-order valence-electron chi connectivity index (χ4n) is 5.61. The number of hydrogen-bond donors (Lipinski definition) is 4. The van der Waals surface area contributed by atoms with E-state index in [-0.39, 0.29) is 59.9 Å². The van der Waals surface area contributed by atoms with E-state index in [1.165, 1.54) is 0 Å². The number of aliphatic hydroxyl groups is 2. The minimum atomic E-state index is -5.94. The number of rotatable bonds is 5. The van der Waals surface area contributed by atoms with Crippen LogP contribution in [-0.4, -0.2) is 89.1 Å². The summed E-state index contributed by atoms with van der Waals surface area (Å²) in [6.45, 7) is 11.6. The smallest absolute Gasteiger partial charge is 0.444 e. The van der Waals surface area contributed by atoms with Gasteiger partial charge >= 0.3 is 41.7 Å². The van der Waals surface area contributed by atoms with Gasteiger partial charge in [-0.3, -0.25) is 18.4 Å². The molecule has 268 valence electrons. The summed E-state index contributed by atoms with van der Waals surface area (Å²) < 4.78 is 62.0. The maximum absolute atomic E-state index is 11.9. The number of halogens is 2. The van der Waals surface area contributed by atoms with E-state index in [2.05, 4.69) is 10.6 Å². The Bertz CT molecular complexity index is 904. The van der Waals surface area contributed by atoms with Crippen molar-refractivity contribution in [3.63, 3.8) is 0 Å². The standard InChI is InChI=1S/C14H25NO5.C13H23NO4.CH4.FH.IO4.Na/c1-12(2,3)20-11(18)15-13-4-6-14(7-5-13,19-9-13)10(17)8-16;1-11(2,3)18-10(15)14-12-5-7-13(16-4,8-6-12)17-9-12;;;2-1(3,4)5;/h10,16-17H,4-9H2,1-3H3,(H,15,18);5-9H2,1-4H3,(H,14,15);1H4;1H;;/q;;;;-1;+1. The Morgan fingerprint density at radius 1 is 0.804 bits per heavy atom. The summed E-state index contributed by atoms with van der Waals surface area (Å²) in [5.74, 6) is -0.419. The van der Waals surface area contributed by atoms with Gasteiger partial charge in [0.2, 0.25) is 0 Å². The number of methoxy groups -OCH3 is 1. The average Bonchev–Trinajstić information content (AvgIpc) is 2.87. The van der Waals surface area contributed by atoms with E-state index in [9.17, 15) is 14.7 Å². The van der Waals surface area contributed by atoms with Crippen molar-refractivity contribution in [2.24, 2.45) is 0 Å². The third-order valence-corrected chi connectivity index (χ3v) is 7.95. The van der Waals surface area contributed by atoms with Gasteiger partial charge in [-0.1, -0.05) is 7.43 Å². The zero-order valence-corrected chi connectivity index (χ0v) is 31.7. The summed E-state index contributed by atoms with van der Waals surface area (Å²) in [5, 5.41) is 24.9. The van der Waals surface area contributed by atoms with Crippen LogP contribution in [0.1, 0.15) is 100 Å². The average molecular weight is 795 g/mol. The van der Waals surface area contributed by atoms with Gasteiger partial charge in [0.25, 0.3) is 0 Å². The largest absolute Gasteiger partial charge is 1.00 e. The molecular weight excluding hydrogens is 741 g/mol. The molecule has 6 fully saturated rings. The van der Waals surface area contributed by atoms with Crippen LogP contribution in [0, 0.1) is 0 Å². The van der Waals surface area contributed by atoms with Gasteiger partial charge in [0.05, 0.1) is 36.5 Å². The molecule has 6 rings (SSSR count). The maximum atomic E-state index is 11.9. The summed E-state index contributed by atoms with van der Waals surface area (Å²) in [7, 11) is 1.68. The van der Waals surface area contributed by atoms with E-state index in [0.29, 0.717) is 26.1 Å². The Kier molecular flexibility index (Phi) is 19.0. The zero-order chi connectivity index (χ0) is 33.0. The van der Waals surface area contributed by atoms with Crippen LogP contribution in [0.3, 0.4) is 0 Å². The number of ether oxygens (including phenoxy) is 5. The number of amides is 2. The van der Waals surface area contributed by atoms with Gasteiger partial charge in [0.15, 0.2) is 5.79 Å². The van der Waals surface area contributed by atoms with Crippen LogP contribution in [0.4, 0.5) is 14.3 Å². The second-order valence-corrected chi connectivity index (χ2v) is 15.8. The van der Waals surface area contributed by atoms with E-state index < -0.39 is 60.4 Å². The van der Waals surface area contributed by atoms with Crippen molar-refractivity contribution in [1.82, 2.24) is 10.6 Å². The summed E-state index contributed by atoms with van der Waals surface area (Å²) in [6, 6.07) is 0. The van der Waals surface area contributed by atoms with Crippen molar-refractivity contribution >= 4 is 12.2 Å². The van der Waals surface area contributed by atoms with Crippen molar-refractivity contribution in [1.29, 1.82) is 0 Å². The van der Waals surface area contributed by atoms with E-state index in [1.807, 2.05) is 41.5 Å². The monoisotopic (exact) mass is 794 g/mol. The fourth-order valence-corrected chi connectivity index (χ4v) is 5.61. The van der Waals surface area contributed by atoms with E-state index in [0.717, 1.165) is 38.5 Å². The van der Waals surface area contributed by atoms with Gasteiger partial charge in [0, 0.05) is 20.0 Å². The molecule has 15 nitrogen and oxygen atoms in total. The molecule has 0 aromatic heterocycles. The number of carbonyl (C=O) groups excluding carboxylic acids is 2. The Balaban J connectivity index is 0. The second-order valence-electron chi connectivity index (χ2n) is 13.6. The molecule has 4 bridgehead atoms. The summed E-state index contributed by atoms with van der Waals surface area (Å²) in [4.78, 5) is 23.7. The molecule has 0 spiro atoms. The summed E-state index contributed by atoms with van der Waals surface area (Å²) in [6.07, 6.45) is 4.44. The summed E-state index contributed by atoms with van der Waals surface area (Å²) >= 11 is -5.94. The van der Waals surface area contributed by atoms with Crippen LogP contribution in [0.5, 0.6) is 0 Å². The van der Waals surface area contributed by atoms with Gasteiger partial charge in [-0.2, -0.15) is 0 Å². The van der Waals surface area contributed by atoms with Gasteiger partial charge in [0.1, 0.15) is 37.4 Å². The number of fused-ring (bicyclic) bond motifs is 6. The van der Waals surface area contributed by atoms with Crippen LogP contribution in [0.15, 0.2) is 0 Å². The number of aliphatic hydroxyl groups excluding tert-OH is 2. The van der Waals surface area contributed by atoms with Crippen LogP contribution >= 0.6 is 0 Å². The molecule has 0 radical (unpaired) electrons. The molecule has 46 heavy (non-hydrogen) atoms. The molecule has 0 aromatic carbocycles. The second kappa shape index (κ2) is 18.2. The molecule has 2 aliphatic carbocycles. The first-order valence-electron chi connectivity index (χ1n) is 14.2. The molecule has 4 saturated heterocycles. The Labute approximate surface area is 299 Å². The normalized spacial score (nSPS) is 30.2. The topological polar surface area (TPSA) is 237 Å². The van der Waals surface area contributed by atoms with Gasteiger partial charge in [-0.25, -0.2) is 9.59 Å². The molecule has 18 heteroatoms. The minimum absolute atomic E-state index is 0. The molecule has 2 amide bonds. The quantitative estimate of drug-likeness (QED) is 0.150. The fraction of sp³-hybridized carbons (Fsp3) is 0.929. The maximum Gasteiger partial charge on any atom is 1.00 e. The van der Waals surface area contributed by atoms with Crippen LogP contribution in [0.25, 0.3) is 0 Å². The molecule has 4 heterocycles. The predicted molar refractivity (Wildman–Crippen MR) is 148 cm³/mol. The van der Waals surface area contributed by atoms with Gasteiger partial charge in [-0.15, -0.1) is 0 Å². The van der Waals surface area contributed by atoms with Crippen molar-refractivity contribution < 1.29 is 112 Å². The van der Waals surface area contributed by atoms with E-state index in [4.69, 9.17) is 42.5 Å². The minimum Gasteiger partial charge on any atom is -0.444 e. The molecular formula is C28H53FIN2NaO13. The molecule has 1 unspecified atom stereocenters. The predicted octanol–water partition coefficient (Wildman–Crippen LogP) is -6.82. The SMILES string of the molecule is C.CC(C)(C)OC(=O)NC12CCC(C(O)CO)(CC1)OC2.COC12CCC(NC(=O)OC(C)(C)C)(CC1)CO2.F.[Na+].[O-][I+3]([O-])([O-])[O-]. The molecule has 0 aromatic rings. The number of carbonyl (C=O) groups is 2. The Morgan fingerprint density at radius 2 is 1.15 bits per heavy atom. The molecule has 1 atom stereocenters. The number of hydrogen-bond acceptors (Lipinski definition) is 13. The van der Waals surface area contributed by atoms with Crippen molar-refractivity contribution in [3.8, 4) is 0 Å². The van der Waals surface area contributed by atoms with Crippen molar-refractivity contribution in [3.05, 3.63) is 0 Å². The molecule has 4 aliphatic heterocycles. The Morgan fingerprint density at radius 3 is 1.39 bits per heavy atom. The van der Waals surface area contributed by atoms with Crippen molar-refractivity contribution in [2.75, 3.05) is 26.9 Å². The van der Waals surface area contributed by atoms with Gasteiger partial charge in [-0.05, 0) is 80.1 Å².